The molecule has 0 saturated heterocycles. The number of aromatic nitrogens is 2. The number of nitrogens with zero attached hydrogens (tertiary/aromatic N) is 2. The Hall–Kier alpha value is -2.51. The first-order valence-corrected chi connectivity index (χ1v) is 5.12. The van der Waals surface area contributed by atoms with Gasteiger partial charge in [-0.2, -0.15) is 18.2 Å². The number of nitrogen functional groups attached to an aromatic ring is 1. The zero-order valence-electron chi connectivity index (χ0n) is 9.44. The van der Waals surface area contributed by atoms with Gasteiger partial charge in [-0.05, 0) is 18.2 Å². The monoisotopic (exact) mass is 270 g/mol. The second-order valence-electron chi connectivity index (χ2n) is 3.67. The third-order valence-corrected chi connectivity index (χ3v) is 2.24. The van der Waals surface area contributed by atoms with Crippen LogP contribution < -0.4 is 11.1 Å². The minimum absolute atomic E-state index is 0.156. The maximum atomic E-state index is 12.8. The zero-order chi connectivity index (χ0) is 14.0. The fraction of sp³-hybridized carbons (Fsp3) is 0.0909. The number of hydrogen-bond acceptors (Lipinski definition) is 5. The molecule has 1 heterocycles. The zero-order valence-corrected chi connectivity index (χ0v) is 9.44. The van der Waals surface area contributed by atoms with Crippen molar-refractivity contribution < 1.29 is 18.3 Å². The molecule has 0 fully saturated rings. The lowest BCUT2D eigenvalue weighted by Gasteiger charge is -2.14. The number of rotatable bonds is 2. The van der Waals surface area contributed by atoms with Crippen LogP contribution in [0.2, 0.25) is 0 Å². The van der Waals surface area contributed by atoms with Gasteiger partial charge < -0.3 is 16.2 Å². The Morgan fingerprint density at radius 2 is 1.95 bits per heavy atom. The summed E-state index contributed by atoms with van der Waals surface area (Å²) in [5.41, 5.74) is 4.45. The molecule has 0 saturated carbocycles. The number of aromatic hydroxyl groups is 1. The topological polar surface area (TPSA) is 84.1 Å². The largest absolute Gasteiger partial charge is 0.493 e. The average molecular weight is 270 g/mol. The summed E-state index contributed by atoms with van der Waals surface area (Å²) < 4.78 is 38.4. The van der Waals surface area contributed by atoms with Gasteiger partial charge in [-0.25, -0.2) is 4.98 Å². The maximum Gasteiger partial charge on any atom is 0.418 e. The molecule has 1 aromatic carbocycles. The number of hydrogen-bond donors (Lipinski definition) is 3. The molecule has 0 atom stereocenters. The van der Waals surface area contributed by atoms with Gasteiger partial charge in [-0.3, -0.25) is 0 Å². The van der Waals surface area contributed by atoms with E-state index in [1.54, 1.807) is 0 Å². The van der Waals surface area contributed by atoms with Crippen LogP contribution >= 0.6 is 0 Å². The molecular formula is C11H9F3N4O. The summed E-state index contributed by atoms with van der Waals surface area (Å²) in [6.07, 6.45) is -3.32. The molecule has 4 N–H and O–H groups in total. The summed E-state index contributed by atoms with van der Waals surface area (Å²) >= 11 is 0. The molecule has 0 amide bonds. The van der Waals surface area contributed by atoms with Crippen molar-refractivity contribution in [3.8, 4) is 5.88 Å². The summed E-state index contributed by atoms with van der Waals surface area (Å²) in [5.74, 6) is -0.508. The molecule has 0 radical (unpaired) electrons. The van der Waals surface area contributed by atoms with Crippen LogP contribution in [0.4, 0.5) is 30.5 Å². The predicted octanol–water partition coefficient (Wildman–Crippen LogP) is 2.53. The van der Waals surface area contributed by atoms with Crippen LogP contribution in [-0.4, -0.2) is 15.1 Å². The summed E-state index contributed by atoms with van der Waals surface area (Å²) in [4.78, 5) is 7.24. The third kappa shape index (κ3) is 3.03. The molecule has 1 aromatic heterocycles. The van der Waals surface area contributed by atoms with Gasteiger partial charge >= 0.3 is 6.18 Å². The molecule has 0 spiro atoms. The van der Waals surface area contributed by atoms with Crippen molar-refractivity contribution in [1.29, 1.82) is 0 Å². The van der Waals surface area contributed by atoms with Gasteiger partial charge in [0.25, 0.3) is 0 Å². The molecule has 0 bridgehead atoms. The van der Waals surface area contributed by atoms with Gasteiger partial charge in [0, 0.05) is 18.0 Å². The quantitative estimate of drug-likeness (QED) is 0.730. The lowest BCUT2D eigenvalue weighted by atomic mass is 10.1. The van der Waals surface area contributed by atoms with E-state index in [9.17, 15) is 13.2 Å². The van der Waals surface area contributed by atoms with Gasteiger partial charge in [0.1, 0.15) is 0 Å². The van der Waals surface area contributed by atoms with Gasteiger partial charge in [-0.15, -0.1) is 0 Å². The van der Waals surface area contributed by atoms with Crippen LogP contribution in [0, 0.1) is 0 Å². The minimum Gasteiger partial charge on any atom is -0.493 e. The van der Waals surface area contributed by atoms with E-state index in [0.717, 1.165) is 18.2 Å². The molecule has 19 heavy (non-hydrogen) atoms. The van der Waals surface area contributed by atoms with Crippen molar-refractivity contribution in [1.82, 2.24) is 9.97 Å². The van der Waals surface area contributed by atoms with Crippen molar-refractivity contribution in [2.45, 2.75) is 6.18 Å². The SMILES string of the molecule is Nc1ccc(C(F)(F)F)c(Nc2nccc(O)n2)c1. The number of anilines is 3. The third-order valence-electron chi connectivity index (χ3n) is 2.24. The van der Waals surface area contributed by atoms with E-state index < -0.39 is 11.7 Å². The highest BCUT2D eigenvalue weighted by molar-refractivity contribution is 5.65. The van der Waals surface area contributed by atoms with E-state index in [1.807, 2.05) is 0 Å². The van der Waals surface area contributed by atoms with E-state index in [2.05, 4.69) is 15.3 Å². The highest BCUT2D eigenvalue weighted by Gasteiger charge is 2.33. The van der Waals surface area contributed by atoms with Gasteiger partial charge in [0.05, 0.1) is 11.3 Å². The lowest BCUT2D eigenvalue weighted by Crippen LogP contribution is -2.10. The Morgan fingerprint density at radius 1 is 1.21 bits per heavy atom. The van der Waals surface area contributed by atoms with E-state index in [4.69, 9.17) is 10.8 Å². The first kappa shape index (κ1) is 12.9. The Balaban J connectivity index is 2.41. The predicted molar refractivity (Wildman–Crippen MR) is 62.8 cm³/mol. The molecule has 5 nitrogen and oxygen atoms in total. The van der Waals surface area contributed by atoms with E-state index in [1.165, 1.54) is 12.3 Å². The van der Waals surface area contributed by atoms with Gasteiger partial charge in [-0.1, -0.05) is 0 Å². The second kappa shape index (κ2) is 4.63. The van der Waals surface area contributed by atoms with Crippen LogP contribution in [-0.2, 0) is 6.18 Å². The molecule has 2 aromatic rings. The van der Waals surface area contributed by atoms with Gasteiger partial charge in [0.15, 0.2) is 0 Å². The van der Waals surface area contributed by atoms with Crippen molar-refractivity contribution in [3.63, 3.8) is 0 Å². The molecule has 0 aliphatic rings. The lowest BCUT2D eigenvalue weighted by molar-refractivity contribution is -0.136. The maximum absolute atomic E-state index is 12.8. The minimum atomic E-state index is -4.53. The Labute approximate surface area is 105 Å². The van der Waals surface area contributed by atoms with Crippen LogP contribution in [0.15, 0.2) is 30.5 Å². The first-order valence-electron chi connectivity index (χ1n) is 5.12. The fourth-order valence-corrected chi connectivity index (χ4v) is 1.44. The average Bonchev–Trinajstić information content (AvgIpc) is 2.27. The fourth-order valence-electron chi connectivity index (χ4n) is 1.44. The number of nitrogens with one attached hydrogen (secondary N) is 1. The van der Waals surface area contributed by atoms with Crippen molar-refractivity contribution in [2.75, 3.05) is 11.1 Å². The van der Waals surface area contributed by atoms with Crippen molar-refractivity contribution >= 4 is 17.3 Å². The Kier molecular flexibility index (Phi) is 3.16. The summed E-state index contributed by atoms with van der Waals surface area (Å²) in [5, 5.41) is 11.5. The molecule has 2 rings (SSSR count). The van der Waals surface area contributed by atoms with Crippen molar-refractivity contribution in [3.05, 3.63) is 36.0 Å². The molecule has 100 valence electrons. The van der Waals surface area contributed by atoms with E-state index in [0.29, 0.717) is 0 Å². The van der Waals surface area contributed by atoms with Crippen molar-refractivity contribution in [2.24, 2.45) is 0 Å². The Bertz CT molecular complexity index is 601. The Morgan fingerprint density at radius 3 is 2.58 bits per heavy atom. The van der Waals surface area contributed by atoms with Crippen LogP contribution in [0.3, 0.4) is 0 Å². The van der Waals surface area contributed by atoms with Crippen LogP contribution in [0.25, 0.3) is 0 Å². The summed E-state index contributed by atoms with van der Waals surface area (Å²) in [6.45, 7) is 0. The van der Waals surface area contributed by atoms with E-state index >= 15 is 0 Å². The number of nitrogens with two attached hydrogens (primary N) is 1. The smallest absolute Gasteiger partial charge is 0.418 e. The second-order valence-corrected chi connectivity index (χ2v) is 3.67. The summed E-state index contributed by atoms with van der Waals surface area (Å²) in [7, 11) is 0. The van der Waals surface area contributed by atoms with Crippen LogP contribution in [0.1, 0.15) is 5.56 Å². The highest BCUT2D eigenvalue weighted by atomic mass is 19.4. The normalized spacial score (nSPS) is 11.3. The molecule has 8 heteroatoms. The molecule has 0 aliphatic carbocycles. The molecule has 0 unspecified atom stereocenters. The first-order chi connectivity index (χ1) is 8.86. The van der Waals surface area contributed by atoms with Gasteiger partial charge in [0.2, 0.25) is 11.8 Å². The summed E-state index contributed by atoms with van der Waals surface area (Å²) in [6, 6.07) is 4.34. The molecular weight excluding hydrogens is 261 g/mol. The van der Waals surface area contributed by atoms with E-state index in [-0.39, 0.29) is 23.2 Å². The highest BCUT2D eigenvalue weighted by Crippen LogP contribution is 2.36. The number of alkyl halides is 3. The number of benzene rings is 1. The number of halogens is 3. The van der Waals surface area contributed by atoms with Crippen LogP contribution in [0.5, 0.6) is 5.88 Å². The molecule has 0 aliphatic heterocycles. The standard InChI is InChI=1S/C11H9F3N4O/c12-11(13,14)7-2-1-6(15)5-8(7)17-10-16-4-3-9(19)18-10/h1-5H,15H2,(H2,16,17,18,19).